The number of rotatable bonds is 10. The standard InChI is InChI=1S/C20H30N2O6/c23-11-9-7-5-3-1-2-4-6-8-10-15-13-22(20(27)21-19(15)26)18-12-16(25)17(14-24)28-18/h13,16-18,23-25H,1-7,9,11-12,14H2,(H,21,26,27)/t16-,17+,18+/m0/s1. The van der Waals surface area contributed by atoms with E-state index in [-0.39, 0.29) is 25.2 Å². The molecule has 2 rings (SSSR count). The molecule has 0 aromatic carbocycles. The Kier molecular flexibility index (Phi) is 9.44. The van der Waals surface area contributed by atoms with E-state index >= 15 is 0 Å². The molecule has 1 fully saturated rings. The molecule has 1 aromatic rings. The van der Waals surface area contributed by atoms with E-state index in [1.54, 1.807) is 0 Å². The van der Waals surface area contributed by atoms with E-state index in [0.717, 1.165) is 44.9 Å². The Morgan fingerprint density at radius 2 is 1.79 bits per heavy atom. The summed E-state index contributed by atoms with van der Waals surface area (Å²) in [5.74, 6) is 5.78. The van der Waals surface area contributed by atoms with Gasteiger partial charge in [0.1, 0.15) is 17.9 Å². The Bertz CT molecular complexity index is 775. The van der Waals surface area contributed by atoms with Gasteiger partial charge in [-0.1, -0.05) is 43.9 Å². The molecule has 0 unspecified atom stereocenters. The van der Waals surface area contributed by atoms with Gasteiger partial charge in [-0.15, -0.1) is 0 Å². The van der Waals surface area contributed by atoms with E-state index in [1.165, 1.54) is 10.8 Å². The van der Waals surface area contributed by atoms with Crippen LogP contribution in [0.4, 0.5) is 0 Å². The van der Waals surface area contributed by atoms with Crippen molar-refractivity contribution in [3.63, 3.8) is 0 Å². The van der Waals surface area contributed by atoms with E-state index in [2.05, 4.69) is 16.8 Å². The number of nitrogens with zero attached hydrogens (tertiary/aromatic N) is 1. The van der Waals surface area contributed by atoms with Crippen molar-refractivity contribution in [1.82, 2.24) is 9.55 Å². The van der Waals surface area contributed by atoms with Crippen LogP contribution in [-0.2, 0) is 4.74 Å². The lowest BCUT2D eigenvalue weighted by molar-refractivity contribution is -0.0459. The predicted molar refractivity (Wildman–Crippen MR) is 104 cm³/mol. The van der Waals surface area contributed by atoms with Crippen LogP contribution in [-0.4, -0.2) is 50.3 Å². The van der Waals surface area contributed by atoms with Gasteiger partial charge in [0.25, 0.3) is 5.56 Å². The molecule has 0 bridgehead atoms. The number of aromatic amines is 1. The second-order valence-corrected chi connectivity index (χ2v) is 7.07. The van der Waals surface area contributed by atoms with Crippen molar-refractivity contribution in [3.05, 3.63) is 32.6 Å². The average molecular weight is 394 g/mol. The lowest BCUT2D eigenvalue weighted by Gasteiger charge is -2.14. The Labute approximate surface area is 164 Å². The lowest BCUT2D eigenvalue weighted by atomic mass is 10.1. The summed E-state index contributed by atoms with van der Waals surface area (Å²) in [5, 5.41) is 27.7. The summed E-state index contributed by atoms with van der Waals surface area (Å²) >= 11 is 0. The molecule has 0 saturated carbocycles. The summed E-state index contributed by atoms with van der Waals surface area (Å²) in [5.41, 5.74) is -1.00. The van der Waals surface area contributed by atoms with Gasteiger partial charge < -0.3 is 20.1 Å². The van der Waals surface area contributed by atoms with Gasteiger partial charge in [0.2, 0.25) is 0 Å². The summed E-state index contributed by atoms with van der Waals surface area (Å²) in [4.78, 5) is 26.2. The molecule has 0 aliphatic carbocycles. The molecule has 1 aliphatic rings. The monoisotopic (exact) mass is 394 g/mol. The summed E-state index contributed by atoms with van der Waals surface area (Å²) in [7, 11) is 0. The van der Waals surface area contributed by atoms with Crippen LogP contribution >= 0.6 is 0 Å². The first kappa shape index (κ1) is 22.4. The summed E-state index contributed by atoms with van der Waals surface area (Å²) in [6.07, 6.45) is 7.18. The van der Waals surface area contributed by atoms with Crippen molar-refractivity contribution in [2.45, 2.75) is 76.2 Å². The maximum atomic E-state index is 12.0. The Morgan fingerprint density at radius 3 is 2.43 bits per heavy atom. The molecule has 0 spiro atoms. The van der Waals surface area contributed by atoms with E-state index < -0.39 is 29.7 Å². The number of hydrogen-bond donors (Lipinski definition) is 4. The fourth-order valence-electron chi connectivity index (χ4n) is 3.21. The second kappa shape index (κ2) is 11.8. The van der Waals surface area contributed by atoms with Crippen LogP contribution in [0, 0.1) is 11.8 Å². The van der Waals surface area contributed by atoms with Crippen LogP contribution < -0.4 is 11.2 Å². The number of unbranched alkanes of at least 4 members (excludes halogenated alkanes) is 7. The third-order valence-electron chi connectivity index (χ3n) is 4.85. The van der Waals surface area contributed by atoms with Crippen molar-refractivity contribution in [2.24, 2.45) is 0 Å². The van der Waals surface area contributed by atoms with Crippen LogP contribution in [0.25, 0.3) is 0 Å². The molecular weight excluding hydrogens is 364 g/mol. The summed E-state index contributed by atoms with van der Waals surface area (Å²) < 4.78 is 6.67. The third-order valence-corrected chi connectivity index (χ3v) is 4.85. The number of aliphatic hydroxyl groups excluding tert-OH is 3. The first-order valence-electron chi connectivity index (χ1n) is 9.96. The Balaban J connectivity index is 1.87. The van der Waals surface area contributed by atoms with Gasteiger partial charge in [-0.25, -0.2) is 4.79 Å². The zero-order valence-corrected chi connectivity index (χ0v) is 16.1. The minimum atomic E-state index is -0.869. The van der Waals surface area contributed by atoms with Crippen LogP contribution in [0.1, 0.15) is 69.6 Å². The van der Waals surface area contributed by atoms with E-state index in [4.69, 9.17) is 14.9 Å². The number of ether oxygens (including phenoxy) is 1. The molecular formula is C20H30N2O6. The van der Waals surface area contributed by atoms with Crippen LogP contribution in [0.3, 0.4) is 0 Å². The highest BCUT2D eigenvalue weighted by Crippen LogP contribution is 2.27. The number of H-pyrrole nitrogens is 1. The second-order valence-electron chi connectivity index (χ2n) is 7.07. The highest BCUT2D eigenvalue weighted by atomic mass is 16.5. The van der Waals surface area contributed by atoms with E-state index in [1.807, 2.05) is 0 Å². The number of aromatic nitrogens is 2. The largest absolute Gasteiger partial charge is 0.396 e. The molecule has 2 heterocycles. The van der Waals surface area contributed by atoms with E-state index in [0.29, 0.717) is 6.42 Å². The van der Waals surface area contributed by atoms with Crippen LogP contribution in [0.15, 0.2) is 15.8 Å². The topological polar surface area (TPSA) is 125 Å². The lowest BCUT2D eigenvalue weighted by Crippen LogP contribution is -2.33. The molecule has 1 saturated heterocycles. The first-order chi connectivity index (χ1) is 13.6. The SMILES string of the molecule is O=c1[nH]c(=O)n([C@H]2C[C@H](O)[C@@H](CO)O2)cc1C#CCCCCCCCCCO. The molecule has 1 aromatic heterocycles. The fraction of sp³-hybridized carbons (Fsp3) is 0.700. The molecule has 0 amide bonds. The summed E-state index contributed by atoms with van der Waals surface area (Å²) in [6.45, 7) is -0.0820. The highest BCUT2D eigenvalue weighted by Gasteiger charge is 2.35. The average Bonchev–Trinajstić information content (AvgIpc) is 3.05. The minimum absolute atomic E-state index is 0.155. The molecule has 8 heteroatoms. The van der Waals surface area contributed by atoms with Gasteiger partial charge >= 0.3 is 5.69 Å². The molecule has 156 valence electrons. The van der Waals surface area contributed by atoms with Gasteiger partial charge in [0, 0.05) is 25.6 Å². The minimum Gasteiger partial charge on any atom is -0.396 e. The predicted octanol–water partition coefficient (Wildman–Crippen LogP) is 0.642. The third kappa shape index (κ3) is 6.60. The van der Waals surface area contributed by atoms with Gasteiger partial charge in [-0.2, -0.15) is 0 Å². The number of aliphatic hydroxyl groups is 3. The quantitative estimate of drug-likeness (QED) is 0.341. The van der Waals surface area contributed by atoms with Crippen molar-refractivity contribution < 1.29 is 20.1 Å². The van der Waals surface area contributed by atoms with E-state index in [9.17, 15) is 14.7 Å². The first-order valence-corrected chi connectivity index (χ1v) is 9.96. The maximum Gasteiger partial charge on any atom is 0.330 e. The molecule has 3 atom stereocenters. The highest BCUT2D eigenvalue weighted by molar-refractivity contribution is 5.29. The van der Waals surface area contributed by atoms with Gasteiger partial charge in [0.05, 0.1) is 12.7 Å². The zero-order valence-electron chi connectivity index (χ0n) is 16.1. The molecule has 4 N–H and O–H groups in total. The maximum absolute atomic E-state index is 12.0. The molecule has 28 heavy (non-hydrogen) atoms. The molecule has 8 nitrogen and oxygen atoms in total. The Hall–Kier alpha value is -1.92. The van der Waals surface area contributed by atoms with Gasteiger partial charge in [0.15, 0.2) is 0 Å². The fourth-order valence-corrected chi connectivity index (χ4v) is 3.21. The molecule has 1 aliphatic heterocycles. The molecule has 0 radical (unpaired) electrons. The van der Waals surface area contributed by atoms with Crippen LogP contribution in [0.5, 0.6) is 0 Å². The van der Waals surface area contributed by atoms with Crippen molar-refractivity contribution >= 4 is 0 Å². The van der Waals surface area contributed by atoms with Crippen molar-refractivity contribution in [2.75, 3.05) is 13.2 Å². The van der Waals surface area contributed by atoms with Crippen molar-refractivity contribution in [1.29, 1.82) is 0 Å². The Morgan fingerprint density at radius 1 is 1.11 bits per heavy atom. The van der Waals surface area contributed by atoms with Gasteiger partial charge in [-0.05, 0) is 12.8 Å². The zero-order chi connectivity index (χ0) is 20.4. The van der Waals surface area contributed by atoms with Crippen molar-refractivity contribution in [3.8, 4) is 11.8 Å². The van der Waals surface area contributed by atoms with Crippen LogP contribution in [0.2, 0.25) is 0 Å². The number of nitrogens with one attached hydrogen (secondary N) is 1. The van der Waals surface area contributed by atoms with Gasteiger partial charge in [-0.3, -0.25) is 14.3 Å². The normalized spacial score (nSPS) is 21.5. The summed E-state index contributed by atoms with van der Waals surface area (Å²) in [6, 6.07) is 0. The number of hydrogen-bond acceptors (Lipinski definition) is 6. The smallest absolute Gasteiger partial charge is 0.330 e.